The van der Waals surface area contributed by atoms with Crippen molar-refractivity contribution in [1.82, 2.24) is 14.9 Å². The van der Waals surface area contributed by atoms with E-state index >= 15 is 0 Å². The smallest absolute Gasteiger partial charge is 0.263 e. The van der Waals surface area contributed by atoms with E-state index in [-0.39, 0.29) is 12.0 Å². The Balaban J connectivity index is 1.41. The highest BCUT2D eigenvalue weighted by molar-refractivity contribution is 6.09. The van der Waals surface area contributed by atoms with Gasteiger partial charge in [0.2, 0.25) is 5.95 Å². The van der Waals surface area contributed by atoms with E-state index in [9.17, 15) is 4.79 Å². The Bertz CT molecular complexity index is 1160. The molecule has 0 saturated carbocycles. The summed E-state index contributed by atoms with van der Waals surface area (Å²) >= 11 is 0. The molecule has 4 rings (SSSR count). The van der Waals surface area contributed by atoms with Gasteiger partial charge in [-0.1, -0.05) is 36.4 Å². The molecule has 1 aromatic heterocycles. The van der Waals surface area contributed by atoms with Crippen LogP contribution in [0.1, 0.15) is 29.8 Å². The van der Waals surface area contributed by atoms with Gasteiger partial charge in [0.05, 0.1) is 0 Å². The summed E-state index contributed by atoms with van der Waals surface area (Å²) in [6, 6.07) is 18.3. The summed E-state index contributed by atoms with van der Waals surface area (Å²) in [5, 5.41) is 3.12. The van der Waals surface area contributed by atoms with Crippen LogP contribution in [0, 0.1) is 0 Å². The van der Waals surface area contributed by atoms with E-state index < -0.39 is 0 Å². The van der Waals surface area contributed by atoms with Crippen molar-refractivity contribution in [2.24, 2.45) is 0 Å². The molecule has 1 aliphatic rings. The number of ether oxygens (including phenoxy) is 1. The van der Waals surface area contributed by atoms with Crippen LogP contribution in [0.4, 0.5) is 17.5 Å². The summed E-state index contributed by atoms with van der Waals surface area (Å²) < 4.78 is 6.25. The molecule has 190 valence electrons. The minimum absolute atomic E-state index is 0.00519. The second kappa shape index (κ2) is 11.9. The van der Waals surface area contributed by atoms with Crippen LogP contribution >= 0.6 is 0 Å². The van der Waals surface area contributed by atoms with Crippen molar-refractivity contribution in [3.63, 3.8) is 0 Å². The zero-order valence-electron chi connectivity index (χ0n) is 21.6. The predicted octanol–water partition coefficient (Wildman–Crippen LogP) is 3.95. The molecule has 0 fully saturated rings. The molecule has 0 aliphatic carbocycles. The number of likely N-dealkylation sites (N-methyl/N-ethyl adjacent to an activating group) is 2. The van der Waals surface area contributed by atoms with Gasteiger partial charge in [-0.05, 0) is 45.0 Å². The van der Waals surface area contributed by atoms with Gasteiger partial charge in [-0.2, -0.15) is 4.98 Å². The molecular weight excluding hydrogens is 452 g/mol. The van der Waals surface area contributed by atoms with Gasteiger partial charge in [0.25, 0.3) is 5.91 Å². The molecule has 0 bridgehead atoms. The number of rotatable bonds is 10. The minimum Gasteiger partial charge on any atom is -0.489 e. The van der Waals surface area contributed by atoms with Gasteiger partial charge in [0.1, 0.15) is 23.2 Å². The first kappa shape index (κ1) is 25.4. The lowest BCUT2D eigenvalue weighted by molar-refractivity contribution is 0.0989. The Hall–Kier alpha value is -3.65. The van der Waals surface area contributed by atoms with Crippen LogP contribution in [0.5, 0.6) is 5.75 Å². The molecule has 36 heavy (non-hydrogen) atoms. The van der Waals surface area contributed by atoms with E-state index in [1.165, 1.54) is 5.56 Å². The first-order chi connectivity index (χ1) is 17.4. The number of aromatic nitrogens is 2. The third-order valence-electron chi connectivity index (χ3n) is 6.26. The van der Waals surface area contributed by atoms with Crippen LogP contribution in [0.2, 0.25) is 0 Å². The zero-order valence-corrected chi connectivity index (χ0v) is 21.6. The largest absolute Gasteiger partial charge is 0.489 e. The average molecular weight is 489 g/mol. The molecule has 1 unspecified atom stereocenters. The van der Waals surface area contributed by atoms with Crippen LogP contribution in [0.15, 0.2) is 60.8 Å². The van der Waals surface area contributed by atoms with Crippen molar-refractivity contribution >= 4 is 23.4 Å². The van der Waals surface area contributed by atoms with E-state index in [4.69, 9.17) is 4.74 Å². The summed E-state index contributed by atoms with van der Waals surface area (Å²) in [5.41, 5.74) is 2.64. The highest BCUT2D eigenvalue weighted by Gasteiger charge is 2.28. The topological polar surface area (TPSA) is 73.8 Å². The van der Waals surface area contributed by atoms with Crippen molar-refractivity contribution in [3.05, 3.63) is 71.9 Å². The molecule has 1 amide bonds. The highest BCUT2D eigenvalue weighted by Crippen LogP contribution is 2.28. The zero-order chi connectivity index (χ0) is 25.5. The maximum atomic E-state index is 13.5. The average Bonchev–Trinajstić information content (AvgIpc) is 3.00. The van der Waals surface area contributed by atoms with Crippen LogP contribution < -0.4 is 19.9 Å². The molecular formula is C28H36N6O2. The summed E-state index contributed by atoms with van der Waals surface area (Å²) in [5.74, 6) is 1.82. The lowest BCUT2D eigenvalue weighted by atomic mass is 10.1. The lowest BCUT2D eigenvalue weighted by Crippen LogP contribution is -2.34. The lowest BCUT2D eigenvalue weighted by Gasteiger charge is -2.24. The predicted molar refractivity (Wildman–Crippen MR) is 145 cm³/mol. The third-order valence-corrected chi connectivity index (χ3v) is 6.26. The van der Waals surface area contributed by atoms with Gasteiger partial charge < -0.3 is 24.8 Å². The summed E-state index contributed by atoms with van der Waals surface area (Å²) in [7, 11) is 4.07. The molecule has 2 aromatic carbocycles. The second-order valence-corrected chi connectivity index (χ2v) is 9.26. The number of hydrogen-bond donors (Lipinski definition) is 1. The van der Waals surface area contributed by atoms with E-state index in [0.29, 0.717) is 30.4 Å². The fraction of sp³-hybridized carbons (Fsp3) is 0.393. The number of carbonyl (C=O) groups excluding carboxylic acids is 1. The number of hydrogen-bond acceptors (Lipinski definition) is 7. The number of anilines is 3. The van der Waals surface area contributed by atoms with Crippen LogP contribution in [-0.4, -0.2) is 73.7 Å². The van der Waals surface area contributed by atoms with E-state index in [1.807, 2.05) is 49.2 Å². The highest BCUT2D eigenvalue weighted by atomic mass is 16.5. The van der Waals surface area contributed by atoms with E-state index in [1.54, 1.807) is 11.1 Å². The van der Waals surface area contributed by atoms with Crippen molar-refractivity contribution in [2.45, 2.75) is 26.4 Å². The van der Waals surface area contributed by atoms with Gasteiger partial charge in [-0.15, -0.1) is 0 Å². The number of benzene rings is 2. The Labute approximate surface area is 213 Å². The summed E-state index contributed by atoms with van der Waals surface area (Å²) in [6.45, 7) is 7.76. The third kappa shape index (κ3) is 6.31. The monoisotopic (exact) mass is 488 g/mol. The molecule has 3 aromatic rings. The number of carbonyl (C=O) groups is 1. The quantitative estimate of drug-likeness (QED) is 0.463. The molecule has 0 radical (unpaired) electrons. The van der Waals surface area contributed by atoms with Crippen molar-refractivity contribution < 1.29 is 9.53 Å². The SMILES string of the molecule is CCNc1ncc2c(n1)N(C)CCN(c1cccc(OC(C)CN(C)CCc3ccccc3)c1)C2=O. The number of nitrogens with one attached hydrogen (secondary N) is 1. The van der Waals surface area contributed by atoms with E-state index in [0.717, 1.165) is 37.5 Å². The van der Waals surface area contributed by atoms with Crippen LogP contribution in [0.3, 0.4) is 0 Å². The molecule has 0 saturated heterocycles. The minimum atomic E-state index is -0.108. The number of fused-ring (bicyclic) bond motifs is 1. The Morgan fingerprint density at radius 1 is 1.14 bits per heavy atom. The first-order valence-electron chi connectivity index (χ1n) is 12.6. The maximum absolute atomic E-state index is 13.5. The number of amides is 1. The Morgan fingerprint density at radius 3 is 2.72 bits per heavy atom. The standard InChI is InChI=1S/C28H36N6O2/c1-5-29-28-30-19-25-26(31-28)33(4)16-17-34(27(25)35)23-12-9-13-24(18-23)36-21(2)20-32(3)15-14-22-10-7-6-8-11-22/h6-13,18-19,21H,5,14-17,20H2,1-4H3,(H,29,30,31). The van der Waals surface area contributed by atoms with Gasteiger partial charge in [-0.3, -0.25) is 4.79 Å². The Kier molecular flexibility index (Phi) is 8.38. The molecule has 1 atom stereocenters. The van der Waals surface area contributed by atoms with Crippen molar-refractivity contribution in [3.8, 4) is 5.75 Å². The number of nitrogens with zero attached hydrogens (tertiary/aromatic N) is 5. The molecule has 1 aliphatic heterocycles. The van der Waals surface area contributed by atoms with E-state index in [2.05, 4.69) is 58.4 Å². The summed E-state index contributed by atoms with van der Waals surface area (Å²) in [6.07, 6.45) is 2.63. The molecule has 2 heterocycles. The Morgan fingerprint density at radius 2 is 1.94 bits per heavy atom. The fourth-order valence-corrected chi connectivity index (χ4v) is 4.40. The van der Waals surface area contributed by atoms with Crippen LogP contribution in [0.25, 0.3) is 0 Å². The van der Waals surface area contributed by atoms with Crippen molar-refractivity contribution in [2.75, 3.05) is 61.9 Å². The van der Waals surface area contributed by atoms with Crippen molar-refractivity contribution in [1.29, 1.82) is 0 Å². The second-order valence-electron chi connectivity index (χ2n) is 9.26. The normalized spacial score (nSPS) is 14.4. The molecule has 1 N–H and O–H groups in total. The molecule has 0 spiro atoms. The van der Waals surface area contributed by atoms with Crippen LogP contribution in [-0.2, 0) is 6.42 Å². The molecule has 8 nitrogen and oxygen atoms in total. The molecule has 8 heteroatoms. The fourth-order valence-electron chi connectivity index (χ4n) is 4.40. The van der Waals surface area contributed by atoms with Gasteiger partial charge >= 0.3 is 0 Å². The summed E-state index contributed by atoms with van der Waals surface area (Å²) in [4.78, 5) is 28.4. The van der Waals surface area contributed by atoms with Gasteiger partial charge in [0, 0.05) is 57.7 Å². The first-order valence-corrected chi connectivity index (χ1v) is 12.6. The van der Waals surface area contributed by atoms with Gasteiger partial charge in [-0.25, -0.2) is 4.98 Å². The maximum Gasteiger partial charge on any atom is 0.263 e. The van der Waals surface area contributed by atoms with Gasteiger partial charge in [0.15, 0.2) is 0 Å².